The second-order valence-corrected chi connectivity index (χ2v) is 2.28. The highest BCUT2D eigenvalue weighted by molar-refractivity contribution is 4.81. The number of aliphatic hydroxyl groups is 3. The number of hydroxylamine groups is 1. The van der Waals surface area contributed by atoms with E-state index in [2.05, 4.69) is 10.3 Å². The topological polar surface area (TPSA) is 82.0 Å². The summed E-state index contributed by atoms with van der Waals surface area (Å²) < 4.78 is 0. The minimum absolute atomic E-state index is 0.0532. The maximum Gasteiger partial charge on any atom is 0.107 e. The van der Waals surface area contributed by atoms with Gasteiger partial charge in [-0.3, -0.25) is 4.84 Å². The van der Waals surface area contributed by atoms with Gasteiger partial charge in [-0.2, -0.15) is 5.48 Å². The van der Waals surface area contributed by atoms with Crippen molar-refractivity contribution in [2.75, 3.05) is 13.2 Å². The average Bonchev–Trinajstić information content (AvgIpc) is 1.95. The molecule has 0 aromatic heterocycles. The smallest absolute Gasteiger partial charge is 0.107 e. The van der Waals surface area contributed by atoms with Crippen LogP contribution in [0.25, 0.3) is 0 Å². The van der Waals surface area contributed by atoms with Crippen molar-refractivity contribution in [1.29, 1.82) is 0 Å². The van der Waals surface area contributed by atoms with Gasteiger partial charge >= 0.3 is 0 Å². The zero-order valence-corrected chi connectivity index (χ0v) is 5.40. The molecule has 1 fully saturated rings. The molecule has 1 rings (SSSR count). The highest BCUT2D eigenvalue weighted by Gasteiger charge is 2.30. The summed E-state index contributed by atoms with van der Waals surface area (Å²) in [6, 6.07) is -0.580. The molecule has 0 bridgehead atoms. The van der Waals surface area contributed by atoms with Crippen LogP contribution in [-0.4, -0.2) is 46.8 Å². The Hall–Kier alpha value is -0.200. The number of hydrogen-bond donors (Lipinski definition) is 4. The third kappa shape index (κ3) is 1.44. The van der Waals surface area contributed by atoms with Crippen LogP contribution >= 0.6 is 0 Å². The highest BCUT2D eigenvalue weighted by atomic mass is 16.7. The quantitative estimate of drug-likeness (QED) is 0.334. The van der Waals surface area contributed by atoms with E-state index in [9.17, 15) is 0 Å². The van der Waals surface area contributed by atoms with Gasteiger partial charge in [0.25, 0.3) is 0 Å². The lowest BCUT2D eigenvalue weighted by molar-refractivity contribution is -0.154. The van der Waals surface area contributed by atoms with Crippen LogP contribution in [0.15, 0.2) is 0 Å². The van der Waals surface area contributed by atoms with E-state index in [4.69, 9.17) is 15.3 Å². The maximum atomic E-state index is 9.08. The molecule has 60 valence electrons. The van der Waals surface area contributed by atoms with Crippen molar-refractivity contribution in [3.05, 3.63) is 0 Å². The van der Waals surface area contributed by atoms with Crippen molar-refractivity contribution in [2.24, 2.45) is 0 Å². The van der Waals surface area contributed by atoms with Crippen molar-refractivity contribution in [2.45, 2.75) is 18.2 Å². The molecule has 0 unspecified atom stereocenters. The van der Waals surface area contributed by atoms with E-state index < -0.39 is 18.2 Å². The molecule has 0 aliphatic carbocycles. The summed E-state index contributed by atoms with van der Waals surface area (Å²) in [6.45, 7) is -0.199. The third-order valence-corrected chi connectivity index (χ3v) is 1.49. The SMILES string of the molecule is OC[C@@H]1NOC[C@@H](O)[C@H]1O. The Bertz CT molecular complexity index is 110. The van der Waals surface area contributed by atoms with Crippen LogP contribution in [-0.2, 0) is 4.84 Å². The monoisotopic (exact) mass is 149 g/mol. The largest absolute Gasteiger partial charge is 0.395 e. The van der Waals surface area contributed by atoms with E-state index in [1.54, 1.807) is 0 Å². The number of aliphatic hydroxyl groups excluding tert-OH is 3. The summed E-state index contributed by atoms with van der Waals surface area (Å²) in [4.78, 5) is 4.64. The van der Waals surface area contributed by atoms with E-state index >= 15 is 0 Å². The predicted molar refractivity (Wildman–Crippen MR) is 32.0 cm³/mol. The molecule has 0 aromatic carbocycles. The molecule has 10 heavy (non-hydrogen) atoms. The molecule has 0 amide bonds. The zero-order chi connectivity index (χ0) is 7.56. The standard InChI is InChI=1S/C5H11NO4/c7-1-3-5(9)4(8)2-10-6-3/h3-9H,1-2H2/t3-,4+,5-/m0/s1. The minimum atomic E-state index is -0.946. The Morgan fingerprint density at radius 3 is 2.70 bits per heavy atom. The van der Waals surface area contributed by atoms with Gasteiger partial charge < -0.3 is 15.3 Å². The van der Waals surface area contributed by atoms with Crippen molar-refractivity contribution in [3.63, 3.8) is 0 Å². The fraction of sp³-hybridized carbons (Fsp3) is 1.00. The van der Waals surface area contributed by atoms with Gasteiger partial charge in [0, 0.05) is 0 Å². The van der Waals surface area contributed by atoms with Crippen LogP contribution < -0.4 is 5.48 Å². The first-order valence-corrected chi connectivity index (χ1v) is 3.10. The van der Waals surface area contributed by atoms with Crippen LogP contribution in [0.4, 0.5) is 0 Å². The Morgan fingerprint density at radius 2 is 2.20 bits per heavy atom. The molecule has 0 radical (unpaired) electrons. The number of nitrogens with one attached hydrogen (secondary N) is 1. The molecular formula is C5H11NO4. The second kappa shape index (κ2) is 3.27. The Kier molecular flexibility index (Phi) is 2.58. The fourth-order valence-corrected chi connectivity index (χ4v) is 0.822. The zero-order valence-electron chi connectivity index (χ0n) is 5.40. The van der Waals surface area contributed by atoms with E-state index in [0.29, 0.717) is 0 Å². The van der Waals surface area contributed by atoms with Gasteiger partial charge in [0.15, 0.2) is 0 Å². The summed E-state index contributed by atoms with van der Waals surface area (Å²) in [5.41, 5.74) is 2.39. The molecule has 1 aliphatic heterocycles. The van der Waals surface area contributed by atoms with Gasteiger partial charge in [0.2, 0.25) is 0 Å². The Labute approximate surface area is 58.2 Å². The molecule has 0 aromatic rings. The minimum Gasteiger partial charge on any atom is -0.395 e. The van der Waals surface area contributed by atoms with Gasteiger partial charge in [-0.15, -0.1) is 0 Å². The summed E-state index contributed by atoms with van der Waals surface area (Å²) in [6.07, 6.45) is -1.85. The maximum absolute atomic E-state index is 9.08. The lowest BCUT2D eigenvalue weighted by Crippen LogP contribution is -2.55. The first-order valence-electron chi connectivity index (χ1n) is 3.10. The number of hydrogen-bond acceptors (Lipinski definition) is 5. The predicted octanol–water partition coefficient (Wildman–Crippen LogP) is -2.40. The van der Waals surface area contributed by atoms with Crippen molar-refractivity contribution in [3.8, 4) is 0 Å². The van der Waals surface area contributed by atoms with Crippen LogP contribution in [0.2, 0.25) is 0 Å². The van der Waals surface area contributed by atoms with Crippen LogP contribution in [0.3, 0.4) is 0 Å². The molecule has 1 saturated heterocycles. The average molecular weight is 149 g/mol. The summed E-state index contributed by atoms with van der Waals surface area (Å²) in [5.74, 6) is 0. The van der Waals surface area contributed by atoms with E-state index in [1.807, 2.05) is 0 Å². The lowest BCUT2D eigenvalue weighted by Gasteiger charge is -2.30. The second-order valence-electron chi connectivity index (χ2n) is 2.28. The van der Waals surface area contributed by atoms with E-state index in [-0.39, 0.29) is 13.2 Å². The molecule has 0 saturated carbocycles. The molecule has 0 spiro atoms. The van der Waals surface area contributed by atoms with Gasteiger partial charge in [-0.1, -0.05) is 0 Å². The normalized spacial score (nSPS) is 41.7. The van der Waals surface area contributed by atoms with E-state index in [1.165, 1.54) is 0 Å². The summed E-state index contributed by atoms with van der Waals surface area (Å²) in [7, 11) is 0. The fourth-order valence-electron chi connectivity index (χ4n) is 0.822. The van der Waals surface area contributed by atoms with Gasteiger partial charge in [-0.25, -0.2) is 0 Å². The molecule has 3 atom stereocenters. The van der Waals surface area contributed by atoms with Gasteiger partial charge in [-0.05, 0) is 0 Å². The van der Waals surface area contributed by atoms with Crippen LogP contribution in [0, 0.1) is 0 Å². The van der Waals surface area contributed by atoms with Crippen LogP contribution in [0.5, 0.6) is 0 Å². The van der Waals surface area contributed by atoms with Crippen LogP contribution in [0.1, 0.15) is 0 Å². The lowest BCUT2D eigenvalue weighted by atomic mass is 10.1. The highest BCUT2D eigenvalue weighted by Crippen LogP contribution is 2.05. The molecule has 5 heteroatoms. The molecule has 5 nitrogen and oxygen atoms in total. The summed E-state index contributed by atoms with van der Waals surface area (Å²) >= 11 is 0. The molecule has 4 N–H and O–H groups in total. The Balaban J connectivity index is 2.42. The first-order chi connectivity index (χ1) is 4.75. The van der Waals surface area contributed by atoms with E-state index in [0.717, 1.165) is 0 Å². The van der Waals surface area contributed by atoms with Crippen molar-refractivity contribution >= 4 is 0 Å². The first kappa shape index (κ1) is 7.90. The molecule has 1 heterocycles. The van der Waals surface area contributed by atoms with Gasteiger partial charge in [0.05, 0.1) is 19.3 Å². The Morgan fingerprint density at radius 1 is 1.50 bits per heavy atom. The number of rotatable bonds is 1. The van der Waals surface area contributed by atoms with Gasteiger partial charge in [0.1, 0.15) is 12.2 Å². The molecular weight excluding hydrogens is 138 g/mol. The molecule has 1 aliphatic rings. The summed E-state index contributed by atoms with van der Waals surface area (Å²) in [5, 5.41) is 26.6. The van der Waals surface area contributed by atoms with Crippen molar-refractivity contribution in [1.82, 2.24) is 5.48 Å². The van der Waals surface area contributed by atoms with Crippen molar-refractivity contribution < 1.29 is 20.2 Å². The third-order valence-electron chi connectivity index (χ3n) is 1.49.